The summed E-state index contributed by atoms with van der Waals surface area (Å²) in [4.78, 5) is 26.9. The fraction of sp³-hybridized carbons (Fsp3) is 0.167. The largest absolute Gasteiger partial charge is 0.335 e. The molecule has 5 heteroatoms. The summed E-state index contributed by atoms with van der Waals surface area (Å²) in [5.41, 5.74) is 4.50. The maximum absolute atomic E-state index is 12.9. The first kappa shape index (κ1) is 18.7. The second-order valence-electron chi connectivity index (χ2n) is 7.19. The average molecular weight is 385 g/mol. The molecular weight excluding hydrogens is 362 g/mol. The van der Waals surface area contributed by atoms with Crippen molar-refractivity contribution >= 4 is 23.3 Å². The first-order valence-electron chi connectivity index (χ1n) is 9.70. The van der Waals surface area contributed by atoms with E-state index in [1.807, 2.05) is 54.4 Å². The summed E-state index contributed by atoms with van der Waals surface area (Å²) in [6.07, 6.45) is 1.94. The van der Waals surface area contributed by atoms with Gasteiger partial charge in [0, 0.05) is 24.0 Å². The molecule has 29 heavy (non-hydrogen) atoms. The molecule has 0 aliphatic heterocycles. The van der Waals surface area contributed by atoms with Crippen molar-refractivity contribution in [2.45, 2.75) is 18.9 Å². The predicted octanol–water partition coefficient (Wildman–Crippen LogP) is 5.09. The fourth-order valence-corrected chi connectivity index (χ4v) is 3.79. The zero-order chi connectivity index (χ0) is 20.2. The molecule has 4 rings (SSSR count). The normalized spacial score (nSPS) is 14.7. The van der Waals surface area contributed by atoms with E-state index in [2.05, 4.69) is 22.8 Å². The number of carbonyl (C=O) groups is 2. The number of nitrogens with one attached hydrogen (secondary N) is 2. The third-order valence-corrected chi connectivity index (χ3v) is 5.31. The molecule has 1 atom stereocenters. The van der Waals surface area contributed by atoms with Gasteiger partial charge in [-0.15, -0.1) is 0 Å². The molecule has 0 bridgehead atoms. The van der Waals surface area contributed by atoms with Gasteiger partial charge in [-0.05, 0) is 60.4 Å². The zero-order valence-electron chi connectivity index (χ0n) is 16.3. The van der Waals surface area contributed by atoms with Gasteiger partial charge in [-0.25, -0.2) is 4.79 Å². The number of aryl methyl sites for hydroxylation is 1. The minimum absolute atomic E-state index is 0.0213. The molecule has 146 valence electrons. The lowest BCUT2D eigenvalue weighted by molar-refractivity contribution is 0.0730. The molecule has 0 radical (unpaired) electrons. The number of nitrogens with zero attached hydrogens (tertiary/aromatic N) is 1. The number of fused-ring (bicyclic) bond motifs is 1. The molecule has 0 saturated heterocycles. The van der Waals surface area contributed by atoms with E-state index in [4.69, 9.17) is 0 Å². The van der Waals surface area contributed by atoms with Gasteiger partial charge in [0.1, 0.15) is 0 Å². The standard InChI is InChI=1S/C24H23N3O2/c1-27(22-16-13-17-7-5-6-10-21(17)22)23(28)18-11-14-20(15-12-18)26-24(29)25-19-8-3-2-4-9-19/h2-12,14-15,22H,13,16H2,1H3,(H2,25,26,29). The number of para-hydroxylation sites is 1. The van der Waals surface area contributed by atoms with Gasteiger partial charge in [-0.3, -0.25) is 4.79 Å². The van der Waals surface area contributed by atoms with Crippen molar-refractivity contribution in [1.82, 2.24) is 4.90 Å². The number of hydrogen-bond acceptors (Lipinski definition) is 2. The number of rotatable bonds is 4. The van der Waals surface area contributed by atoms with E-state index in [-0.39, 0.29) is 18.0 Å². The van der Waals surface area contributed by atoms with Crippen molar-refractivity contribution in [2.75, 3.05) is 17.7 Å². The maximum Gasteiger partial charge on any atom is 0.323 e. The van der Waals surface area contributed by atoms with Crippen LogP contribution in [0.1, 0.15) is 33.9 Å². The highest BCUT2D eigenvalue weighted by Crippen LogP contribution is 2.35. The van der Waals surface area contributed by atoms with Gasteiger partial charge in [0.2, 0.25) is 0 Å². The van der Waals surface area contributed by atoms with Crippen molar-refractivity contribution in [2.24, 2.45) is 0 Å². The summed E-state index contributed by atoms with van der Waals surface area (Å²) in [6.45, 7) is 0. The lowest BCUT2D eigenvalue weighted by atomic mass is 10.1. The lowest BCUT2D eigenvalue weighted by Crippen LogP contribution is -2.30. The monoisotopic (exact) mass is 385 g/mol. The Kier molecular flexibility index (Phi) is 5.29. The summed E-state index contributed by atoms with van der Waals surface area (Å²) in [5, 5.41) is 5.55. The summed E-state index contributed by atoms with van der Waals surface area (Å²) < 4.78 is 0. The van der Waals surface area contributed by atoms with Crippen molar-refractivity contribution in [3.63, 3.8) is 0 Å². The van der Waals surface area contributed by atoms with Crippen LogP contribution in [0.5, 0.6) is 0 Å². The Balaban J connectivity index is 1.40. The Hall–Kier alpha value is -3.60. The molecule has 0 aromatic heterocycles. The van der Waals surface area contributed by atoms with Crippen LogP contribution in [0.15, 0.2) is 78.9 Å². The molecule has 1 aliphatic carbocycles. The SMILES string of the molecule is CN(C(=O)c1ccc(NC(=O)Nc2ccccc2)cc1)C1CCc2ccccc21. The topological polar surface area (TPSA) is 61.4 Å². The minimum atomic E-state index is -0.324. The quantitative estimate of drug-likeness (QED) is 0.657. The van der Waals surface area contributed by atoms with Crippen molar-refractivity contribution in [3.8, 4) is 0 Å². The van der Waals surface area contributed by atoms with E-state index in [1.165, 1.54) is 11.1 Å². The Labute approximate surface area is 170 Å². The Morgan fingerprint density at radius 2 is 1.45 bits per heavy atom. The van der Waals surface area contributed by atoms with E-state index >= 15 is 0 Å². The van der Waals surface area contributed by atoms with E-state index in [0.717, 1.165) is 18.5 Å². The average Bonchev–Trinajstić information content (AvgIpc) is 3.18. The fourth-order valence-electron chi connectivity index (χ4n) is 3.79. The lowest BCUT2D eigenvalue weighted by Gasteiger charge is -2.25. The van der Waals surface area contributed by atoms with Gasteiger partial charge in [0.05, 0.1) is 6.04 Å². The van der Waals surface area contributed by atoms with Crippen LogP contribution in [-0.2, 0) is 6.42 Å². The number of urea groups is 1. The van der Waals surface area contributed by atoms with Crippen molar-refractivity contribution in [3.05, 3.63) is 95.6 Å². The summed E-state index contributed by atoms with van der Waals surface area (Å²) in [7, 11) is 1.86. The summed E-state index contributed by atoms with van der Waals surface area (Å²) in [5.74, 6) is -0.0213. The molecule has 0 fully saturated rings. The molecule has 0 spiro atoms. The van der Waals surface area contributed by atoms with Crippen LogP contribution in [0.4, 0.5) is 16.2 Å². The summed E-state index contributed by atoms with van der Waals surface area (Å²) in [6, 6.07) is 24.3. The Morgan fingerprint density at radius 1 is 0.828 bits per heavy atom. The Morgan fingerprint density at radius 3 is 2.17 bits per heavy atom. The molecule has 1 unspecified atom stereocenters. The van der Waals surface area contributed by atoms with Crippen LogP contribution in [0.3, 0.4) is 0 Å². The molecule has 3 amide bonds. The molecule has 0 heterocycles. The second-order valence-corrected chi connectivity index (χ2v) is 7.19. The zero-order valence-corrected chi connectivity index (χ0v) is 16.3. The van der Waals surface area contributed by atoms with Crippen molar-refractivity contribution < 1.29 is 9.59 Å². The van der Waals surface area contributed by atoms with E-state index in [0.29, 0.717) is 11.3 Å². The minimum Gasteiger partial charge on any atom is -0.335 e. The highest BCUT2D eigenvalue weighted by Gasteiger charge is 2.28. The molecule has 3 aromatic rings. The van der Waals surface area contributed by atoms with Crippen LogP contribution < -0.4 is 10.6 Å². The third-order valence-electron chi connectivity index (χ3n) is 5.31. The predicted molar refractivity (Wildman–Crippen MR) is 115 cm³/mol. The second kappa shape index (κ2) is 8.19. The highest BCUT2D eigenvalue weighted by atomic mass is 16.2. The van der Waals surface area contributed by atoms with Gasteiger partial charge in [-0.2, -0.15) is 0 Å². The van der Waals surface area contributed by atoms with Crippen molar-refractivity contribution in [1.29, 1.82) is 0 Å². The number of carbonyl (C=O) groups excluding carboxylic acids is 2. The number of amides is 3. The first-order valence-corrected chi connectivity index (χ1v) is 9.70. The van der Waals surface area contributed by atoms with Gasteiger partial charge < -0.3 is 15.5 Å². The third kappa shape index (κ3) is 4.14. The highest BCUT2D eigenvalue weighted by molar-refractivity contribution is 6.00. The van der Waals surface area contributed by atoms with E-state index in [1.54, 1.807) is 24.3 Å². The molecule has 0 saturated carbocycles. The molecule has 1 aliphatic rings. The number of benzene rings is 3. The first-order chi connectivity index (χ1) is 14.1. The molecule has 3 aromatic carbocycles. The van der Waals surface area contributed by atoms with Crippen LogP contribution >= 0.6 is 0 Å². The van der Waals surface area contributed by atoms with Crippen LogP contribution in [0, 0.1) is 0 Å². The van der Waals surface area contributed by atoms with E-state index < -0.39 is 0 Å². The molecule has 2 N–H and O–H groups in total. The van der Waals surface area contributed by atoms with Gasteiger partial charge in [-0.1, -0.05) is 42.5 Å². The maximum atomic E-state index is 12.9. The van der Waals surface area contributed by atoms with Gasteiger partial charge in [0.15, 0.2) is 0 Å². The van der Waals surface area contributed by atoms with Gasteiger partial charge in [0.25, 0.3) is 5.91 Å². The Bertz CT molecular complexity index is 1020. The molecular formula is C24H23N3O2. The smallest absolute Gasteiger partial charge is 0.323 e. The summed E-state index contributed by atoms with van der Waals surface area (Å²) >= 11 is 0. The van der Waals surface area contributed by atoms with Crippen LogP contribution in [0.25, 0.3) is 0 Å². The van der Waals surface area contributed by atoms with E-state index in [9.17, 15) is 9.59 Å². The van der Waals surface area contributed by atoms with Gasteiger partial charge >= 0.3 is 6.03 Å². The number of hydrogen-bond donors (Lipinski definition) is 2. The number of anilines is 2. The van der Waals surface area contributed by atoms with Crippen LogP contribution in [0.2, 0.25) is 0 Å². The molecule has 5 nitrogen and oxygen atoms in total. The van der Waals surface area contributed by atoms with Crippen LogP contribution in [-0.4, -0.2) is 23.9 Å².